The van der Waals surface area contributed by atoms with E-state index in [2.05, 4.69) is 4.90 Å². The summed E-state index contributed by atoms with van der Waals surface area (Å²) in [4.78, 5) is 17.6. The van der Waals surface area contributed by atoms with Crippen LogP contribution in [0.25, 0.3) is 0 Å². The second-order valence-electron chi connectivity index (χ2n) is 8.11. The molecule has 1 aliphatic heterocycles. The van der Waals surface area contributed by atoms with E-state index in [1.165, 1.54) is 12.8 Å². The molecule has 0 radical (unpaired) electrons. The Balaban J connectivity index is 1.62. The highest BCUT2D eigenvalue weighted by atomic mass is 35.5. The van der Waals surface area contributed by atoms with Crippen LogP contribution in [0.2, 0.25) is 10.0 Å². The van der Waals surface area contributed by atoms with Crippen molar-refractivity contribution in [1.82, 2.24) is 9.80 Å². The lowest BCUT2D eigenvalue weighted by Gasteiger charge is -2.43. The zero-order valence-corrected chi connectivity index (χ0v) is 18.1. The molecule has 2 aromatic rings. The van der Waals surface area contributed by atoms with Gasteiger partial charge in [0.1, 0.15) is 5.75 Å². The van der Waals surface area contributed by atoms with Gasteiger partial charge in [-0.15, -0.1) is 0 Å². The second-order valence-corrected chi connectivity index (χ2v) is 8.92. The summed E-state index contributed by atoms with van der Waals surface area (Å²) >= 11 is 12.1. The van der Waals surface area contributed by atoms with E-state index < -0.39 is 0 Å². The van der Waals surface area contributed by atoms with Crippen LogP contribution < -0.4 is 0 Å². The standard InChI is InChI=1S/C23H26Cl2N2O2/c1-26(22(29)13-15-4-8-19(24)20(25)12-15)23-18-7-6-17(28)14-16(18)5-9-21(23)27-10-2-3-11-27/h4,6-8,12,14,21,23,28H,2-3,5,9-11,13H2,1H3. The average molecular weight is 433 g/mol. The maximum Gasteiger partial charge on any atom is 0.227 e. The van der Waals surface area contributed by atoms with Crippen LogP contribution in [0.3, 0.4) is 0 Å². The summed E-state index contributed by atoms with van der Waals surface area (Å²) in [7, 11) is 1.90. The van der Waals surface area contributed by atoms with Gasteiger partial charge in [-0.3, -0.25) is 9.69 Å². The molecule has 6 heteroatoms. The molecule has 29 heavy (non-hydrogen) atoms. The third-order valence-corrected chi connectivity index (χ3v) is 7.02. The quantitative estimate of drug-likeness (QED) is 0.750. The van der Waals surface area contributed by atoms with Crippen molar-refractivity contribution in [1.29, 1.82) is 0 Å². The molecule has 4 rings (SSSR count). The van der Waals surface area contributed by atoms with E-state index in [9.17, 15) is 9.90 Å². The van der Waals surface area contributed by atoms with Crippen LogP contribution in [0.15, 0.2) is 36.4 Å². The van der Waals surface area contributed by atoms with Gasteiger partial charge in [0.2, 0.25) is 5.91 Å². The van der Waals surface area contributed by atoms with Gasteiger partial charge in [-0.1, -0.05) is 35.3 Å². The molecule has 2 atom stereocenters. The number of carbonyl (C=O) groups is 1. The highest BCUT2D eigenvalue weighted by Crippen LogP contribution is 2.39. The summed E-state index contributed by atoms with van der Waals surface area (Å²) in [5, 5.41) is 10.9. The zero-order valence-electron chi connectivity index (χ0n) is 16.6. The predicted molar refractivity (Wildman–Crippen MR) is 117 cm³/mol. The van der Waals surface area contributed by atoms with Crippen LogP contribution in [0.4, 0.5) is 0 Å². The maximum atomic E-state index is 13.2. The minimum absolute atomic E-state index is 0.0206. The van der Waals surface area contributed by atoms with E-state index in [1.807, 2.05) is 30.1 Å². The number of likely N-dealkylation sites (tertiary alicyclic amines) is 1. The van der Waals surface area contributed by atoms with Crippen molar-refractivity contribution >= 4 is 29.1 Å². The van der Waals surface area contributed by atoms with E-state index in [1.54, 1.807) is 18.2 Å². The molecular formula is C23H26Cl2N2O2. The van der Waals surface area contributed by atoms with Gasteiger partial charge < -0.3 is 10.0 Å². The minimum atomic E-state index is -0.0206. The number of aromatic hydroxyl groups is 1. The van der Waals surface area contributed by atoms with Crippen molar-refractivity contribution < 1.29 is 9.90 Å². The SMILES string of the molecule is CN(C(=O)Cc1ccc(Cl)c(Cl)c1)C1c2ccc(O)cc2CCC1N1CCCC1. The monoisotopic (exact) mass is 432 g/mol. The van der Waals surface area contributed by atoms with Gasteiger partial charge >= 0.3 is 0 Å². The van der Waals surface area contributed by atoms with Crippen LogP contribution in [0.5, 0.6) is 5.75 Å². The maximum absolute atomic E-state index is 13.2. The van der Waals surface area contributed by atoms with Crippen molar-refractivity contribution in [3.8, 4) is 5.75 Å². The summed E-state index contributed by atoms with van der Waals surface area (Å²) in [6.07, 6.45) is 4.63. The Labute approximate surface area is 182 Å². The molecule has 0 spiro atoms. The Kier molecular flexibility index (Phi) is 6.05. The molecule has 4 nitrogen and oxygen atoms in total. The molecule has 0 saturated carbocycles. The number of carbonyl (C=O) groups excluding carboxylic acids is 1. The Bertz CT molecular complexity index is 912. The van der Waals surface area contributed by atoms with Gasteiger partial charge in [0, 0.05) is 13.1 Å². The molecule has 0 aromatic heterocycles. The molecule has 154 valence electrons. The zero-order chi connectivity index (χ0) is 20.5. The first-order valence-electron chi connectivity index (χ1n) is 10.2. The predicted octanol–water partition coefficient (Wildman–Crippen LogP) is 4.85. The van der Waals surface area contributed by atoms with Gasteiger partial charge in [0.25, 0.3) is 0 Å². The second kappa shape index (κ2) is 8.55. The molecule has 1 heterocycles. The van der Waals surface area contributed by atoms with Crippen molar-refractivity contribution in [2.45, 2.75) is 44.2 Å². The molecule has 2 unspecified atom stereocenters. The molecular weight excluding hydrogens is 407 g/mol. The molecule has 1 aliphatic carbocycles. The number of hydrogen-bond acceptors (Lipinski definition) is 3. The highest BCUT2D eigenvalue weighted by molar-refractivity contribution is 6.42. The fourth-order valence-electron chi connectivity index (χ4n) is 4.79. The van der Waals surface area contributed by atoms with Crippen molar-refractivity contribution in [3.05, 3.63) is 63.1 Å². The van der Waals surface area contributed by atoms with E-state index in [-0.39, 0.29) is 24.1 Å². The van der Waals surface area contributed by atoms with Crippen LogP contribution in [-0.2, 0) is 17.6 Å². The normalized spacial score (nSPS) is 21.8. The van der Waals surface area contributed by atoms with Crippen molar-refractivity contribution in [2.24, 2.45) is 0 Å². The van der Waals surface area contributed by atoms with E-state index >= 15 is 0 Å². The van der Waals surface area contributed by atoms with Gasteiger partial charge in [-0.25, -0.2) is 0 Å². The van der Waals surface area contributed by atoms with Gasteiger partial charge in [0.15, 0.2) is 0 Å². The molecule has 1 fully saturated rings. The molecule has 1 amide bonds. The number of benzene rings is 2. The summed E-state index contributed by atoms with van der Waals surface area (Å²) in [6, 6.07) is 11.2. The molecule has 1 saturated heterocycles. The molecule has 1 N–H and O–H groups in total. The Hall–Kier alpha value is -1.75. The lowest BCUT2D eigenvalue weighted by atomic mass is 9.82. The number of fused-ring (bicyclic) bond motifs is 1. The number of phenolic OH excluding ortho intramolecular Hbond substituents is 1. The van der Waals surface area contributed by atoms with Gasteiger partial charge in [-0.05, 0) is 79.7 Å². The van der Waals surface area contributed by atoms with Gasteiger partial charge in [0.05, 0.1) is 22.5 Å². The van der Waals surface area contributed by atoms with Crippen LogP contribution in [0, 0.1) is 0 Å². The number of rotatable bonds is 4. The van der Waals surface area contributed by atoms with Gasteiger partial charge in [-0.2, -0.15) is 0 Å². The van der Waals surface area contributed by atoms with Crippen LogP contribution in [-0.4, -0.2) is 47.0 Å². The molecule has 2 aromatic carbocycles. The third kappa shape index (κ3) is 4.25. The lowest BCUT2D eigenvalue weighted by Crippen LogP contribution is -2.48. The Morgan fingerprint density at radius 1 is 1.14 bits per heavy atom. The van der Waals surface area contributed by atoms with Crippen molar-refractivity contribution in [2.75, 3.05) is 20.1 Å². The number of halogens is 2. The summed E-state index contributed by atoms with van der Waals surface area (Å²) in [5.74, 6) is 0.338. The summed E-state index contributed by atoms with van der Waals surface area (Å²) in [5.41, 5.74) is 3.14. The Morgan fingerprint density at radius 2 is 1.90 bits per heavy atom. The first-order chi connectivity index (χ1) is 13.9. The fourth-order valence-corrected chi connectivity index (χ4v) is 5.11. The number of aryl methyl sites for hydroxylation is 1. The fraction of sp³-hybridized carbons (Fsp3) is 0.435. The number of amides is 1. The van der Waals surface area contributed by atoms with E-state index in [4.69, 9.17) is 23.2 Å². The molecule has 0 bridgehead atoms. The summed E-state index contributed by atoms with van der Waals surface area (Å²) in [6.45, 7) is 2.17. The number of hydrogen-bond donors (Lipinski definition) is 1. The largest absolute Gasteiger partial charge is 0.508 e. The van der Waals surface area contributed by atoms with Crippen molar-refractivity contribution in [3.63, 3.8) is 0 Å². The third-order valence-electron chi connectivity index (χ3n) is 6.28. The lowest BCUT2D eigenvalue weighted by molar-refractivity contribution is -0.133. The van der Waals surface area contributed by atoms with E-state index in [0.717, 1.165) is 42.6 Å². The topological polar surface area (TPSA) is 43.8 Å². The number of likely N-dealkylation sites (N-methyl/N-ethyl adjacent to an activating group) is 1. The number of phenols is 1. The first kappa shape index (κ1) is 20.5. The Morgan fingerprint density at radius 3 is 2.62 bits per heavy atom. The average Bonchev–Trinajstić information content (AvgIpc) is 3.24. The van der Waals surface area contributed by atoms with E-state index in [0.29, 0.717) is 16.1 Å². The highest BCUT2D eigenvalue weighted by Gasteiger charge is 2.38. The molecule has 2 aliphatic rings. The number of nitrogens with zero attached hydrogens (tertiary/aromatic N) is 2. The van der Waals surface area contributed by atoms with Crippen LogP contribution in [0.1, 0.15) is 42.0 Å². The minimum Gasteiger partial charge on any atom is -0.508 e. The smallest absolute Gasteiger partial charge is 0.227 e. The first-order valence-corrected chi connectivity index (χ1v) is 10.9. The summed E-state index contributed by atoms with van der Waals surface area (Å²) < 4.78 is 0. The van der Waals surface area contributed by atoms with Crippen LogP contribution >= 0.6 is 23.2 Å².